The molecular weight excluding hydrogens is 262 g/mol. The fourth-order valence-corrected chi connectivity index (χ4v) is 2.94. The first-order valence-corrected chi connectivity index (χ1v) is 8.27. The molecule has 0 unspecified atom stereocenters. The third-order valence-corrected chi connectivity index (χ3v) is 4.41. The van der Waals surface area contributed by atoms with Crippen LogP contribution in [0.15, 0.2) is 24.3 Å². The summed E-state index contributed by atoms with van der Waals surface area (Å²) in [6.45, 7) is 4.81. The average molecular weight is 291 g/mol. The molecular formula is C18H29NO2. The van der Waals surface area contributed by atoms with E-state index in [2.05, 4.69) is 36.5 Å². The number of rotatable bonds is 8. The van der Waals surface area contributed by atoms with Crippen molar-refractivity contribution in [1.29, 1.82) is 0 Å². The summed E-state index contributed by atoms with van der Waals surface area (Å²) >= 11 is 0. The zero-order valence-electron chi connectivity index (χ0n) is 13.4. The smallest absolute Gasteiger partial charge is 0.119 e. The number of methoxy groups -OCH3 is 1. The van der Waals surface area contributed by atoms with E-state index in [0.717, 1.165) is 31.4 Å². The van der Waals surface area contributed by atoms with Crippen molar-refractivity contribution >= 4 is 0 Å². The summed E-state index contributed by atoms with van der Waals surface area (Å²) in [6.07, 6.45) is 6.79. The fraction of sp³-hybridized carbons (Fsp3) is 0.667. The first kappa shape index (κ1) is 16.3. The third kappa shape index (κ3) is 5.68. The van der Waals surface area contributed by atoms with Crippen LogP contribution in [0.5, 0.6) is 5.75 Å². The molecule has 0 heterocycles. The molecule has 1 saturated carbocycles. The molecule has 0 spiro atoms. The maximum absolute atomic E-state index is 6.11. The van der Waals surface area contributed by atoms with Gasteiger partial charge >= 0.3 is 0 Å². The molecule has 0 bridgehead atoms. The number of hydrogen-bond acceptors (Lipinski definition) is 3. The predicted molar refractivity (Wildman–Crippen MR) is 86.7 cm³/mol. The lowest BCUT2D eigenvalue weighted by molar-refractivity contribution is 0.130. The Kier molecular flexibility index (Phi) is 7.04. The lowest BCUT2D eigenvalue weighted by atomic mass is 9.86. The molecule has 1 fully saturated rings. The van der Waals surface area contributed by atoms with Crippen LogP contribution in [0.1, 0.15) is 44.6 Å². The topological polar surface area (TPSA) is 30.5 Å². The Hall–Kier alpha value is -1.06. The van der Waals surface area contributed by atoms with E-state index in [-0.39, 0.29) is 0 Å². The van der Waals surface area contributed by atoms with Crippen LogP contribution >= 0.6 is 0 Å². The van der Waals surface area contributed by atoms with Crippen LogP contribution in [-0.2, 0) is 11.3 Å². The van der Waals surface area contributed by atoms with Crippen molar-refractivity contribution in [2.75, 3.05) is 20.3 Å². The first-order chi connectivity index (χ1) is 10.3. The summed E-state index contributed by atoms with van der Waals surface area (Å²) in [5.74, 6) is 1.93. The van der Waals surface area contributed by atoms with Crippen LogP contribution < -0.4 is 10.1 Å². The van der Waals surface area contributed by atoms with E-state index in [1.807, 2.05) is 0 Å². The Balaban J connectivity index is 1.72. The number of nitrogens with one attached hydrogen (secondary N) is 1. The van der Waals surface area contributed by atoms with Gasteiger partial charge < -0.3 is 14.8 Å². The minimum Gasteiger partial charge on any atom is -0.490 e. The zero-order valence-corrected chi connectivity index (χ0v) is 13.4. The second-order valence-electron chi connectivity index (χ2n) is 5.98. The van der Waals surface area contributed by atoms with Gasteiger partial charge in [-0.05, 0) is 49.3 Å². The first-order valence-electron chi connectivity index (χ1n) is 8.27. The largest absolute Gasteiger partial charge is 0.490 e. The van der Waals surface area contributed by atoms with E-state index in [9.17, 15) is 0 Å². The highest BCUT2D eigenvalue weighted by molar-refractivity contribution is 5.27. The van der Waals surface area contributed by atoms with Crippen LogP contribution in [0.4, 0.5) is 0 Å². The molecule has 2 rings (SSSR count). The molecule has 0 saturated heterocycles. The third-order valence-electron chi connectivity index (χ3n) is 4.41. The van der Waals surface area contributed by atoms with Crippen LogP contribution in [0, 0.1) is 5.92 Å². The van der Waals surface area contributed by atoms with Gasteiger partial charge in [-0.3, -0.25) is 0 Å². The van der Waals surface area contributed by atoms with Crippen molar-refractivity contribution in [3.63, 3.8) is 0 Å². The van der Waals surface area contributed by atoms with Gasteiger partial charge in [0, 0.05) is 20.2 Å². The van der Waals surface area contributed by atoms with Gasteiger partial charge in [-0.2, -0.15) is 0 Å². The fourth-order valence-electron chi connectivity index (χ4n) is 2.94. The lowest BCUT2D eigenvalue weighted by Crippen LogP contribution is -2.23. The predicted octanol–water partition coefficient (Wildman–Crippen LogP) is 3.77. The molecule has 0 atom stereocenters. The van der Waals surface area contributed by atoms with Gasteiger partial charge in [0.05, 0.1) is 12.7 Å². The van der Waals surface area contributed by atoms with Crippen LogP contribution in [0.25, 0.3) is 0 Å². The van der Waals surface area contributed by atoms with Gasteiger partial charge in [-0.15, -0.1) is 0 Å². The van der Waals surface area contributed by atoms with Gasteiger partial charge in [-0.25, -0.2) is 0 Å². The molecule has 0 radical (unpaired) electrons. The van der Waals surface area contributed by atoms with E-state index < -0.39 is 0 Å². The maximum Gasteiger partial charge on any atom is 0.119 e. The van der Waals surface area contributed by atoms with E-state index in [1.54, 1.807) is 7.11 Å². The van der Waals surface area contributed by atoms with E-state index in [0.29, 0.717) is 6.10 Å². The summed E-state index contributed by atoms with van der Waals surface area (Å²) in [6, 6.07) is 8.48. The molecule has 0 aromatic heterocycles. The summed E-state index contributed by atoms with van der Waals surface area (Å²) < 4.78 is 11.1. The molecule has 21 heavy (non-hydrogen) atoms. The van der Waals surface area contributed by atoms with Crippen molar-refractivity contribution in [3.05, 3.63) is 29.8 Å². The number of ether oxygens (including phenoxy) is 2. The van der Waals surface area contributed by atoms with Crippen LogP contribution in [0.3, 0.4) is 0 Å². The zero-order chi connectivity index (χ0) is 14.9. The highest BCUT2D eigenvalue weighted by Gasteiger charge is 2.20. The van der Waals surface area contributed by atoms with Gasteiger partial charge in [0.1, 0.15) is 5.75 Å². The van der Waals surface area contributed by atoms with E-state index >= 15 is 0 Å². The summed E-state index contributed by atoms with van der Waals surface area (Å²) in [5, 5.41) is 3.35. The van der Waals surface area contributed by atoms with Crippen molar-refractivity contribution in [2.24, 2.45) is 5.92 Å². The quantitative estimate of drug-likeness (QED) is 0.740. The average Bonchev–Trinajstić information content (AvgIpc) is 2.54. The molecule has 1 aliphatic rings. The Labute approximate surface area is 129 Å². The highest BCUT2D eigenvalue weighted by Crippen LogP contribution is 2.29. The van der Waals surface area contributed by atoms with E-state index in [1.165, 1.54) is 37.7 Å². The van der Waals surface area contributed by atoms with Gasteiger partial charge in [0.15, 0.2) is 0 Å². The normalized spacial score (nSPS) is 22.2. The Morgan fingerprint density at radius 1 is 1.10 bits per heavy atom. The van der Waals surface area contributed by atoms with Crippen molar-refractivity contribution < 1.29 is 9.47 Å². The summed E-state index contributed by atoms with van der Waals surface area (Å²) in [7, 11) is 1.72. The lowest BCUT2D eigenvalue weighted by Gasteiger charge is -2.28. The highest BCUT2D eigenvalue weighted by atomic mass is 16.5. The minimum atomic E-state index is 0.415. The molecule has 1 aliphatic carbocycles. The van der Waals surface area contributed by atoms with Crippen LogP contribution in [-0.4, -0.2) is 26.4 Å². The Bertz CT molecular complexity index is 383. The minimum absolute atomic E-state index is 0.415. The van der Waals surface area contributed by atoms with Crippen LogP contribution in [0.2, 0.25) is 0 Å². The molecule has 1 N–H and O–H groups in total. The Morgan fingerprint density at radius 2 is 1.81 bits per heavy atom. The maximum atomic E-state index is 6.11. The molecule has 1 aromatic carbocycles. The van der Waals surface area contributed by atoms with Gasteiger partial charge in [0.25, 0.3) is 0 Å². The summed E-state index contributed by atoms with van der Waals surface area (Å²) in [4.78, 5) is 0. The van der Waals surface area contributed by atoms with Crippen molar-refractivity contribution in [2.45, 2.75) is 51.7 Å². The second kappa shape index (κ2) is 9.06. The standard InChI is InChI=1S/C18H29NO2/c1-3-15-4-8-17(9-5-15)21-18-10-6-16(7-11-18)14-19-12-13-20-2/h6-7,10-11,15,17,19H,3-5,8-9,12-14H2,1-2H3. The SMILES string of the molecule is CCC1CCC(Oc2ccc(CNCCOC)cc2)CC1. The van der Waals surface area contributed by atoms with Gasteiger partial charge in [0.2, 0.25) is 0 Å². The van der Waals surface area contributed by atoms with Gasteiger partial charge in [-0.1, -0.05) is 25.5 Å². The molecule has 0 aliphatic heterocycles. The molecule has 3 heteroatoms. The van der Waals surface area contributed by atoms with E-state index in [4.69, 9.17) is 9.47 Å². The molecule has 3 nitrogen and oxygen atoms in total. The van der Waals surface area contributed by atoms with Crippen molar-refractivity contribution in [3.8, 4) is 5.75 Å². The molecule has 1 aromatic rings. The monoisotopic (exact) mass is 291 g/mol. The second-order valence-corrected chi connectivity index (χ2v) is 5.98. The Morgan fingerprint density at radius 3 is 2.43 bits per heavy atom. The van der Waals surface area contributed by atoms with Crippen molar-refractivity contribution in [1.82, 2.24) is 5.32 Å². The number of benzene rings is 1. The molecule has 118 valence electrons. The molecule has 0 amide bonds. The number of hydrogen-bond donors (Lipinski definition) is 1. The summed E-state index contributed by atoms with van der Waals surface area (Å²) in [5.41, 5.74) is 1.29.